The van der Waals surface area contributed by atoms with E-state index >= 15 is 0 Å². The van der Waals surface area contributed by atoms with Crippen molar-refractivity contribution < 1.29 is 64.3 Å². The van der Waals surface area contributed by atoms with Crippen molar-refractivity contribution in [1.82, 2.24) is 0 Å². The Morgan fingerprint density at radius 3 is 2.09 bits per heavy atom. The van der Waals surface area contributed by atoms with Gasteiger partial charge < -0.3 is 12.9 Å². The van der Waals surface area contributed by atoms with Gasteiger partial charge >= 0.3 is 58.4 Å². The predicted molar refractivity (Wildman–Crippen MR) is 37.7 cm³/mol. The third-order valence-corrected chi connectivity index (χ3v) is 1.30. The van der Waals surface area contributed by atoms with Gasteiger partial charge in [-0.05, 0) is 5.92 Å². The van der Waals surface area contributed by atoms with Crippen LogP contribution in [0.5, 0.6) is 0 Å². The Balaban J connectivity index is 0. The molecule has 0 amide bonds. The van der Waals surface area contributed by atoms with Crippen molar-refractivity contribution in [3.05, 3.63) is 12.1 Å². The first-order chi connectivity index (χ1) is 4.45. The van der Waals surface area contributed by atoms with Crippen molar-refractivity contribution in [2.24, 2.45) is 5.92 Å². The molecule has 0 aromatic heterocycles. The molecule has 0 spiro atoms. The Kier molecular flexibility index (Phi) is 9.00. The monoisotopic (exact) mass is 190 g/mol. The number of halogens is 3. The molecule has 0 aromatic carbocycles. The summed E-state index contributed by atoms with van der Waals surface area (Å²) in [5.41, 5.74) is 0. The van der Waals surface area contributed by atoms with Crippen molar-refractivity contribution in [1.29, 1.82) is 0 Å². The zero-order chi connectivity index (χ0) is 8.20. The second-order valence-corrected chi connectivity index (χ2v) is 2.40. The molecule has 0 nitrogen and oxygen atoms in total. The Morgan fingerprint density at radius 2 is 1.82 bits per heavy atom. The van der Waals surface area contributed by atoms with Crippen LogP contribution in [0.3, 0.4) is 0 Å². The van der Waals surface area contributed by atoms with Gasteiger partial charge in [0.15, 0.2) is 0 Å². The Labute approximate surface area is 108 Å². The molecule has 0 aromatic rings. The molecule has 0 saturated heterocycles. The minimum Gasteiger partial charge on any atom is -0.445 e. The summed E-state index contributed by atoms with van der Waals surface area (Å²) in [7, 11) is 0. The van der Waals surface area contributed by atoms with Gasteiger partial charge in [-0.1, -0.05) is 20.3 Å². The molecule has 11 heavy (non-hydrogen) atoms. The summed E-state index contributed by atoms with van der Waals surface area (Å²) in [5.74, 6) is 0.386. The Bertz CT molecular complexity index is 121. The molecule has 0 bridgehead atoms. The van der Waals surface area contributed by atoms with Crippen LogP contribution < -0.4 is 51.4 Å². The summed E-state index contributed by atoms with van der Waals surface area (Å²) in [4.78, 5) is 0. The van der Waals surface area contributed by atoms with Crippen molar-refractivity contribution in [2.75, 3.05) is 0 Å². The first-order valence-electron chi connectivity index (χ1n) is 3.35. The average molecular weight is 190 g/mol. The van der Waals surface area contributed by atoms with Gasteiger partial charge in [0.2, 0.25) is 0 Å². The maximum atomic E-state index is 11.5. The normalized spacial score (nSPS) is 14.6. The minimum absolute atomic E-state index is 0. The van der Waals surface area contributed by atoms with E-state index in [9.17, 15) is 12.9 Å². The van der Waals surface area contributed by atoms with Crippen LogP contribution in [0.1, 0.15) is 20.3 Å². The summed E-state index contributed by atoms with van der Waals surface area (Å²) in [5, 5.41) is 0. The van der Waals surface area contributed by atoms with Gasteiger partial charge in [0.25, 0.3) is 0 Å². The molecule has 5 heteroatoms. The van der Waals surface area contributed by atoms with Crippen LogP contribution in [-0.4, -0.2) is 6.98 Å². The van der Waals surface area contributed by atoms with Crippen LogP contribution in [-0.2, 0) is 0 Å². The van der Waals surface area contributed by atoms with E-state index in [-0.39, 0.29) is 57.3 Å². The fourth-order valence-electron chi connectivity index (χ4n) is 0.452. The van der Waals surface area contributed by atoms with Crippen LogP contribution in [0.2, 0.25) is 0 Å². The molecule has 0 aliphatic rings. The first-order valence-corrected chi connectivity index (χ1v) is 3.35. The van der Waals surface area contributed by atoms with Crippen LogP contribution in [0.25, 0.3) is 0 Å². The van der Waals surface area contributed by atoms with Crippen molar-refractivity contribution in [3.8, 4) is 0 Å². The van der Waals surface area contributed by atoms with Gasteiger partial charge in [0.1, 0.15) is 0 Å². The summed E-state index contributed by atoms with van der Waals surface area (Å²) in [6, 6.07) is 0. The molecular formula is C6H11BF3K. The second-order valence-electron chi connectivity index (χ2n) is 2.40. The molecule has 0 aliphatic carbocycles. The van der Waals surface area contributed by atoms with Crippen LogP contribution in [0, 0.1) is 5.92 Å². The number of allylic oxidation sites excluding steroid dienone is 1. The van der Waals surface area contributed by atoms with Gasteiger partial charge in [-0.15, -0.1) is 12.1 Å². The molecule has 0 rings (SSSR count). The fourth-order valence-corrected chi connectivity index (χ4v) is 0.452. The summed E-state index contributed by atoms with van der Waals surface area (Å²) >= 11 is 0. The molecule has 0 heterocycles. The van der Waals surface area contributed by atoms with E-state index in [2.05, 4.69) is 0 Å². The fraction of sp³-hybridized carbons (Fsp3) is 0.667. The van der Waals surface area contributed by atoms with Gasteiger partial charge in [-0.2, -0.15) is 0 Å². The third kappa shape index (κ3) is 11.2. The minimum atomic E-state index is -4.72. The van der Waals surface area contributed by atoms with Crippen LogP contribution >= 0.6 is 0 Å². The molecule has 60 valence electrons. The van der Waals surface area contributed by atoms with Crippen molar-refractivity contribution >= 4 is 6.98 Å². The van der Waals surface area contributed by atoms with Crippen molar-refractivity contribution in [3.63, 3.8) is 0 Å². The maximum Gasteiger partial charge on any atom is 1.00 e. The molecular weight excluding hydrogens is 179 g/mol. The Hall–Kier alpha value is 1.23. The topological polar surface area (TPSA) is 0 Å². The molecule has 0 saturated carbocycles. The van der Waals surface area contributed by atoms with Crippen LogP contribution in [0.15, 0.2) is 12.1 Å². The zero-order valence-electron chi connectivity index (χ0n) is 7.15. The van der Waals surface area contributed by atoms with E-state index in [0.717, 1.165) is 6.42 Å². The van der Waals surface area contributed by atoms with E-state index < -0.39 is 6.98 Å². The predicted octanol–water partition coefficient (Wildman–Crippen LogP) is -0.0207. The molecule has 0 fully saturated rings. The number of hydrogen-bond acceptors (Lipinski definition) is 0. The standard InChI is InChI=1S/C6H11BF3.K/c1-3-6(2)4-5-7(8,9)10;/h4-6H,3H2,1-2H3;/q-1;+1/b5-4+;. The van der Waals surface area contributed by atoms with E-state index in [0.29, 0.717) is 5.98 Å². The van der Waals surface area contributed by atoms with Gasteiger partial charge in [-0.3, -0.25) is 0 Å². The molecule has 0 aliphatic heterocycles. The zero-order valence-corrected chi connectivity index (χ0v) is 10.3. The summed E-state index contributed by atoms with van der Waals surface area (Å²) < 4.78 is 34.6. The second kappa shape index (κ2) is 6.72. The van der Waals surface area contributed by atoms with E-state index in [1.165, 1.54) is 6.08 Å². The van der Waals surface area contributed by atoms with E-state index in [1.54, 1.807) is 6.92 Å². The van der Waals surface area contributed by atoms with Gasteiger partial charge in [-0.25, -0.2) is 0 Å². The molecule has 1 unspecified atom stereocenters. The van der Waals surface area contributed by atoms with Crippen LogP contribution in [0.4, 0.5) is 12.9 Å². The Morgan fingerprint density at radius 1 is 1.36 bits per heavy atom. The molecule has 0 N–H and O–H groups in total. The van der Waals surface area contributed by atoms with E-state index in [1.807, 2.05) is 6.92 Å². The SMILES string of the molecule is CCC(C)/C=C/[B-](F)(F)F.[K+]. The third-order valence-electron chi connectivity index (χ3n) is 1.30. The average Bonchev–Trinajstić information content (AvgIpc) is 1.81. The van der Waals surface area contributed by atoms with E-state index in [4.69, 9.17) is 0 Å². The first kappa shape index (κ1) is 14.7. The summed E-state index contributed by atoms with van der Waals surface area (Å²) in [6.07, 6.45) is 1.96. The summed E-state index contributed by atoms with van der Waals surface area (Å²) in [6.45, 7) is -1.10. The van der Waals surface area contributed by atoms with Gasteiger partial charge in [0.05, 0.1) is 0 Å². The quantitative estimate of drug-likeness (QED) is 0.548. The molecule has 0 radical (unpaired) electrons. The maximum absolute atomic E-state index is 11.5. The van der Waals surface area contributed by atoms with Crippen molar-refractivity contribution in [2.45, 2.75) is 20.3 Å². The number of rotatable bonds is 3. The largest absolute Gasteiger partial charge is 1.00 e. The van der Waals surface area contributed by atoms with Gasteiger partial charge in [0, 0.05) is 0 Å². The number of hydrogen-bond donors (Lipinski definition) is 0. The molecule has 1 atom stereocenters. The smallest absolute Gasteiger partial charge is 0.445 e.